The number of halogens is 2. The highest BCUT2D eigenvalue weighted by Crippen LogP contribution is 2.64. The summed E-state index contributed by atoms with van der Waals surface area (Å²) in [7, 11) is 0. The zero-order valence-corrected chi connectivity index (χ0v) is 24.8. The summed E-state index contributed by atoms with van der Waals surface area (Å²) in [6, 6.07) is 40.5. The molecule has 41 heavy (non-hydrogen) atoms. The van der Waals surface area contributed by atoms with Crippen molar-refractivity contribution in [3.8, 4) is 22.3 Å². The summed E-state index contributed by atoms with van der Waals surface area (Å²) in [4.78, 5) is 7.64. The molecule has 8 aromatic rings. The average Bonchev–Trinajstić information content (AvgIpc) is 3.71. The van der Waals surface area contributed by atoms with Gasteiger partial charge in [-0.25, -0.2) is 0 Å². The molecule has 0 aliphatic heterocycles. The van der Waals surface area contributed by atoms with Crippen molar-refractivity contribution in [2.45, 2.75) is 5.41 Å². The van der Waals surface area contributed by atoms with Crippen molar-refractivity contribution in [1.29, 1.82) is 0 Å². The molecule has 1 spiro atoms. The molecular weight excluding hydrogens is 632 g/mol. The first kappa shape index (κ1) is 22.6. The fraction of sp³-hybridized carbons (Fsp3) is 0.0270. The first-order valence-electron chi connectivity index (χ1n) is 13.8. The molecule has 0 saturated carbocycles. The van der Waals surface area contributed by atoms with E-state index < -0.39 is 5.41 Å². The average molecular weight is 652 g/mol. The van der Waals surface area contributed by atoms with E-state index in [1.807, 2.05) is 0 Å². The Kier molecular flexibility index (Phi) is 4.17. The van der Waals surface area contributed by atoms with E-state index in [2.05, 4.69) is 151 Å². The van der Waals surface area contributed by atoms with E-state index >= 15 is 0 Å². The van der Waals surface area contributed by atoms with Crippen LogP contribution < -0.4 is 0 Å². The summed E-state index contributed by atoms with van der Waals surface area (Å²) in [6.45, 7) is 0. The third-order valence-corrected chi connectivity index (χ3v) is 10.5. The highest BCUT2D eigenvalue weighted by Gasteiger charge is 2.52. The van der Waals surface area contributed by atoms with Gasteiger partial charge in [0.1, 0.15) is 0 Å². The second kappa shape index (κ2) is 7.58. The molecule has 0 saturated heterocycles. The second-order valence-electron chi connectivity index (χ2n) is 11.3. The van der Waals surface area contributed by atoms with Crippen LogP contribution in [0.1, 0.15) is 22.3 Å². The second-order valence-corrected chi connectivity index (χ2v) is 13.1. The molecule has 2 aromatic heterocycles. The third-order valence-electron chi connectivity index (χ3n) is 9.48. The highest BCUT2D eigenvalue weighted by atomic mass is 79.9. The van der Waals surface area contributed by atoms with Crippen LogP contribution in [0, 0.1) is 0 Å². The van der Waals surface area contributed by atoms with E-state index in [1.54, 1.807) is 0 Å². The SMILES string of the molecule is Brc1ccc2[nH]c3c4c(ccc3c2c1)C1(c2ccccc2-4)c2ccccc2-c2c1ccc1c2[nH]c2ccc(Br)cc21. The van der Waals surface area contributed by atoms with Crippen molar-refractivity contribution in [3.63, 3.8) is 0 Å². The van der Waals surface area contributed by atoms with Gasteiger partial charge in [-0.1, -0.05) is 105 Å². The Bertz CT molecular complexity index is 2290. The number of fused-ring (bicyclic) bond motifs is 18. The quantitative estimate of drug-likeness (QED) is 0.163. The summed E-state index contributed by atoms with van der Waals surface area (Å²) in [6.07, 6.45) is 0. The Morgan fingerprint density at radius 2 is 0.902 bits per heavy atom. The van der Waals surface area contributed by atoms with Crippen LogP contribution in [0.5, 0.6) is 0 Å². The van der Waals surface area contributed by atoms with Crippen LogP contribution in [-0.4, -0.2) is 9.97 Å². The summed E-state index contributed by atoms with van der Waals surface area (Å²) < 4.78 is 2.19. The third kappa shape index (κ3) is 2.60. The molecule has 2 N–H and O–H groups in total. The zero-order valence-electron chi connectivity index (χ0n) is 21.6. The van der Waals surface area contributed by atoms with Crippen LogP contribution in [0.25, 0.3) is 65.9 Å². The van der Waals surface area contributed by atoms with Crippen molar-refractivity contribution in [2.75, 3.05) is 0 Å². The van der Waals surface area contributed by atoms with Gasteiger partial charge >= 0.3 is 0 Å². The van der Waals surface area contributed by atoms with E-state index in [0.29, 0.717) is 0 Å². The Balaban J connectivity index is 1.40. The van der Waals surface area contributed by atoms with Crippen LogP contribution in [0.3, 0.4) is 0 Å². The van der Waals surface area contributed by atoms with Gasteiger partial charge in [0.05, 0.1) is 16.4 Å². The lowest BCUT2D eigenvalue weighted by atomic mass is 9.70. The van der Waals surface area contributed by atoms with E-state index in [1.165, 1.54) is 77.1 Å². The predicted octanol–water partition coefficient (Wildman–Crippen LogP) is 10.8. The van der Waals surface area contributed by atoms with Crippen molar-refractivity contribution >= 4 is 75.5 Å². The molecule has 2 aliphatic carbocycles. The molecule has 10 rings (SSSR count). The molecule has 2 aliphatic rings. The Hall–Kier alpha value is -4.12. The van der Waals surface area contributed by atoms with Crippen molar-refractivity contribution < 1.29 is 0 Å². The zero-order chi connectivity index (χ0) is 27.0. The first-order valence-corrected chi connectivity index (χ1v) is 15.4. The van der Waals surface area contributed by atoms with Crippen LogP contribution in [0.15, 0.2) is 118 Å². The van der Waals surface area contributed by atoms with E-state index in [4.69, 9.17) is 0 Å². The molecule has 192 valence electrons. The molecule has 6 aromatic carbocycles. The molecule has 4 heteroatoms. The molecule has 2 nitrogen and oxygen atoms in total. The van der Waals surface area contributed by atoms with E-state index in [9.17, 15) is 0 Å². The monoisotopic (exact) mass is 650 g/mol. The minimum atomic E-state index is -0.393. The largest absolute Gasteiger partial charge is 0.354 e. The van der Waals surface area contributed by atoms with Gasteiger partial charge in [-0.3, -0.25) is 0 Å². The minimum absolute atomic E-state index is 0.393. The fourth-order valence-electron chi connectivity index (χ4n) is 7.99. The number of aromatic amines is 2. The molecular formula is C37H20Br2N2. The Labute approximate surface area is 252 Å². The number of hydrogen-bond acceptors (Lipinski definition) is 0. The number of nitrogens with one attached hydrogen (secondary N) is 2. The Morgan fingerprint density at radius 1 is 0.439 bits per heavy atom. The number of benzene rings is 6. The number of H-pyrrole nitrogens is 2. The summed E-state index contributed by atoms with van der Waals surface area (Å²) in [5.41, 5.74) is 15.0. The maximum atomic E-state index is 3.82. The predicted molar refractivity (Wildman–Crippen MR) is 177 cm³/mol. The standard InChI is InChI=1S/C37H20Br2N2/c38-19-9-15-31-25(17-19)21-11-13-29-33(35(21)40-31)23-5-1-3-7-27(23)37(29)28-8-4-2-6-24(28)34-30(37)14-12-22-26-18-20(39)10-16-32(26)41-36(22)34/h1-18,40-41H. The molecule has 0 amide bonds. The van der Waals surface area contributed by atoms with E-state index in [0.717, 1.165) is 20.0 Å². The van der Waals surface area contributed by atoms with Crippen molar-refractivity contribution in [1.82, 2.24) is 9.97 Å². The summed E-state index contributed by atoms with van der Waals surface area (Å²) in [5.74, 6) is 0. The van der Waals surface area contributed by atoms with Crippen molar-refractivity contribution in [3.05, 3.63) is 140 Å². The number of hydrogen-bond donors (Lipinski definition) is 2. The molecule has 0 unspecified atom stereocenters. The van der Waals surface area contributed by atoms with Crippen molar-refractivity contribution in [2.24, 2.45) is 0 Å². The smallest absolute Gasteiger partial charge is 0.0727 e. The Morgan fingerprint density at radius 3 is 1.39 bits per heavy atom. The van der Waals surface area contributed by atoms with Crippen LogP contribution in [0.2, 0.25) is 0 Å². The minimum Gasteiger partial charge on any atom is -0.354 e. The van der Waals surface area contributed by atoms with Gasteiger partial charge in [-0.05, 0) is 69.8 Å². The lowest BCUT2D eigenvalue weighted by Gasteiger charge is -2.30. The molecule has 2 heterocycles. The molecule has 0 atom stereocenters. The van der Waals surface area contributed by atoms with Crippen LogP contribution >= 0.6 is 31.9 Å². The summed E-state index contributed by atoms with van der Waals surface area (Å²) in [5, 5.41) is 5.01. The van der Waals surface area contributed by atoms with Gasteiger partial charge in [-0.15, -0.1) is 0 Å². The number of aromatic nitrogens is 2. The molecule has 0 bridgehead atoms. The molecule has 0 radical (unpaired) electrons. The van der Waals surface area contributed by atoms with Gasteiger partial charge in [0.25, 0.3) is 0 Å². The van der Waals surface area contributed by atoms with Gasteiger partial charge in [0, 0.05) is 52.7 Å². The summed E-state index contributed by atoms with van der Waals surface area (Å²) >= 11 is 7.39. The lowest BCUT2D eigenvalue weighted by Crippen LogP contribution is -2.25. The van der Waals surface area contributed by atoms with Crippen LogP contribution in [0.4, 0.5) is 0 Å². The highest BCUT2D eigenvalue weighted by molar-refractivity contribution is 9.10. The van der Waals surface area contributed by atoms with Gasteiger partial charge in [0.15, 0.2) is 0 Å². The first-order chi connectivity index (χ1) is 20.1. The van der Waals surface area contributed by atoms with Gasteiger partial charge in [0.2, 0.25) is 0 Å². The maximum Gasteiger partial charge on any atom is 0.0727 e. The van der Waals surface area contributed by atoms with Gasteiger partial charge < -0.3 is 9.97 Å². The maximum absolute atomic E-state index is 3.82. The molecule has 0 fully saturated rings. The topological polar surface area (TPSA) is 31.6 Å². The van der Waals surface area contributed by atoms with Gasteiger partial charge in [-0.2, -0.15) is 0 Å². The van der Waals surface area contributed by atoms with Crippen LogP contribution in [-0.2, 0) is 5.41 Å². The number of rotatable bonds is 0. The lowest BCUT2D eigenvalue weighted by molar-refractivity contribution is 0.795. The van der Waals surface area contributed by atoms with E-state index in [-0.39, 0.29) is 0 Å². The normalized spacial score (nSPS) is 14.3. The fourth-order valence-corrected chi connectivity index (χ4v) is 8.71.